The zero-order valence-corrected chi connectivity index (χ0v) is 18.7. The van der Waals surface area contributed by atoms with E-state index in [4.69, 9.17) is 9.57 Å². The number of nitrogens with one attached hydrogen (secondary N) is 2. The van der Waals surface area contributed by atoms with Gasteiger partial charge in [0.1, 0.15) is 11.3 Å². The van der Waals surface area contributed by atoms with Crippen LogP contribution in [0.25, 0.3) is 0 Å². The van der Waals surface area contributed by atoms with Gasteiger partial charge in [-0.15, -0.1) is 0 Å². The van der Waals surface area contributed by atoms with Crippen molar-refractivity contribution >= 4 is 17.5 Å². The van der Waals surface area contributed by atoms with Crippen molar-refractivity contribution in [3.63, 3.8) is 0 Å². The predicted molar refractivity (Wildman–Crippen MR) is 118 cm³/mol. The summed E-state index contributed by atoms with van der Waals surface area (Å²) in [5, 5.41) is 7.07. The molecule has 0 unspecified atom stereocenters. The Balaban J connectivity index is 1.67. The summed E-state index contributed by atoms with van der Waals surface area (Å²) < 4.78 is 46.7. The lowest BCUT2D eigenvalue weighted by Crippen LogP contribution is -2.24. The second-order valence-electron chi connectivity index (χ2n) is 7.70. The van der Waals surface area contributed by atoms with Crippen LogP contribution in [0.1, 0.15) is 32.6 Å². The minimum absolute atomic E-state index is 0.0837. The molecule has 0 aliphatic carbocycles. The van der Waals surface area contributed by atoms with Crippen LogP contribution in [-0.4, -0.2) is 35.0 Å². The first-order valence-corrected chi connectivity index (χ1v) is 10.3. The van der Waals surface area contributed by atoms with Gasteiger partial charge in [-0.3, -0.25) is 9.63 Å². The van der Waals surface area contributed by atoms with Crippen LogP contribution in [0.3, 0.4) is 0 Å². The summed E-state index contributed by atoms with van der Waals surface area (Å²) in [6.45, 7) is 2.39. The number of fused-ring (bicyclic) bond motifs is 1. The molecule has 2 heterocycles. The first-order chi connectivity index (χ1) is 16.2. The van der Waals surface area contributed by atoms with E-state index in [1.54, 1.807) is 49.4 Å². The molecular weight excluding hydrogens is 451 g/mol. The van der Waals surface area contributed by atoms with Gasteiger partial charge in [0, 0.05) is 43.7 Å². The topological polar surface area (TPSA) is 88.6 Å². The maximum atomic E-state index is 13.7. The average Bonchev–Trinajstić information content (AvgIpc) is 2.79. The van der Waals surface area contributed by atoms with Crippen LogP contribution < -0.4 is 15.4 Å². The number of benzene rings is 2. The summed E-state index contributed by atoms with van der Waals surface area (Å²) in [5.74, 6) is -0.735. The fourth-order valence-electron chi connectivity index (χ4n) is 3.49. The summed E-state index contributed by atoms with van der Waals surface area (Å²) in [5.41, 5.74) is 2.11. The highest BCUT2D eigenvalue weighted by Gasteiger charge is 2.37. The first-order valence-electron chi connectivity index (χ1n) is 10.3. The van der Waals surface area contributed by atoms with Crippen LogP contribution in [0.2, 0.25) is 0 Å². The summed E-state index contributed by atoms with van der Waals surface area (Å²) in [6.07, 6.45) is -4.04. The molecule has 1 amide bonds. The fourth-order valence-corrected chi connectivity index (χ4v) is 3.49. The number of nitrogens with zero attached hydrogens (tertiary/aromatic N) is 3. The molecule has 4 rings (SSSR count). The molecule has 1 aliphatic rings. The normalized spacial score (nSPS) is 13.8. The summed E-state index contributed by atoms with van der Waals surface area (Å²) in [4.78, 5) is 25.1. The number of aryl methyl sites for hydroxylation is 1. The van der Waals surface area contributed by atoms with Gasteiger partial charge in [-0.1, -0.05) is 12.1 Å². The lowest BCUT2D eigenvalue weighted by Gasteiger charge is -2.26. The number of carbonyl (C=O) groups is 1. The van der Waals surface area contributed by atoms with Crippen molar-refractivity contribution in [1.82, 2.24) is 20.3 Å². The molecule has 178 valence electrons. The van der Waals surface area contributed by atoms with Crippen molar-refractivity contribution in [3.05, 3.63) is 70.4 Å². The van der Waals surface area contributed by atoms with Crippen LogP contribution in [0.15, 0.2) is 42.6 Å². The average molecular weight is 473 g/mol. The van der Waals surface area contributed by atoms with Crippen molar-refractivity contribution in [2.75, 3.05) is 19.4 Å². The Kier molecular flexibility index (Phi) is 6.40. The third-order valence-electron chi connectivity index (χ3n) is 5.28. The largest absolute Gasteiger partial charge is 0.438 e. The highest BCUT2D eigenvalue weighted by Crippen LogP contribution is 2.39. The standard InChI is InChI=1S/C23H22F3N5O3/c1-13-9-14(20(32)27-2)7-8-18(13)29-22-28-10-17(23(24,25)26)21(30-22)34-19-6-4-5-15-11-31(3)33-12-16(15)19/h4-10H,11-12H2,1-3H3,(H,27,32)(H,28,29,30). The van der Waals surface area contributed by atoms with E-state index in [1.165, 1.54) is 7.05 Å². The van der Waals surface area contributed by atoms with Crippen molar-refractivity contribution in [2.24, 2.45) is 0 Å². The van der Waals surface area contributed by atoms with Gasteiger partial charge in [-0.25, -0.2) is 4.98 Å². The molecule has 2 N–H and O–H groups in total. The van der Waals surface area contributed by atoms with Gasteiger partial charge in [0.2, 0.25) is 11.8 Å². The maximum absolute atomic E-state index is 13.7. The van der Waals surface area contributed by atoms with E-state index < -0.39 is 17.6 Å². The van der Waals surface area contributed by atoms with Crippen molar-refractivity contribution < 1.29 is 27.5 Å². The van der Waals surface area contributed by atoms with Gasteiger partial charge in [-0.05, 0) is 42.3 Å². The Hall–Kier alpha value is -3.70. The molecule has 0 fully saturated rings. The highest BCUT2D eigenvalue weighted by atomic mass is 19.4. The van der Waals surface area contributed by atoms with Gasteiger partial charge >= 0.3 is 6.18 Å². The van der Waals surface area contributed by atoms with Gasteiger partial charge in [0.15, 0.2) is 0 Å². The zero-order valence-electron chi connectivity index (χ0n) is 18.7. The molecule has 1 aliphatic heterocycles. The Morgan fingerprint density at radius 2 is 2.03 bits per heavy atom. The van der Waals surface area contributed by atoms with Crippen LogP contribution in [-0.2, 0) is 24.2 Å². The Morgan fingerprint density at radius 1 is 1.24 bits per heavy atom. The molecule has 0 spiro atoms. The molecule has 0 saturated carbocycles. The number of hydrogen-bond acceptors (Lipinski definition) is 7. The van der Waals surface area contributed by atoms with E-state index in [0.29, 0.717) is 35.1 Å². The second kappa shape index (κ2) is 9.27. The monoisotopic (exact) mass is 473 g/mol. The lowest BCUT2D eigenvalue weighted by atomic mass is 10.1. The summed E-state index contributed by atoms with van der Waals surface area (Å²) >= 11 is 0. The van der Waals surface area contributed by atoms with E-state index in [9.17, 15) is 18.0 Å². The number of rotatable bonds is 5. The first kappa shape index (κ1) is 23.5. The van der Waals surface area contributed by atoms with Gasteiger partial charge < -0.3 is 15.4 Å². The van der Waals surface area contributed by atoms with Gasteiger partial charge in [0.25, 0.3) is 5.91 Å². The number of hydrogen-bond donors (Lipinski definition) is 2. The Labute approximate surface area is 193 Å². The molecule has 34 heavy (non-hydrogen) atoms. The molecule has 11 heteroatoms. The van der Waals surface area contributed by atoms with E-state index in [0.717, 1.165) is 5.56 Å². The van der Waals surface area contributed by atoms with Crippen molar-refractivity contribution in [1.29, 1.82) is 0 Å². The number of anilines is 2. The van der Waals surface area contributed by atoms with Crippen LogP contribution in [0.5, 0.6) is 11.6 Å². The van der Waals surface area contributed by atoms with Crippen LogP contribution >= 0.6 is 0 Å². The van der Waals surface area contributed by atoms with Gasteiger partial charge in [-0.2, -0.15) is 23.2 Å². The SMILES string of the molecule is CNC(=O)c1ccc(Nc2ncc(C(F)(F)F)c(Oc3cccc4c3CON(C)C4)n2)c(C)c1. The molecule has 8 nitrogen and oxygen atoms in total. The molecule has 0 bridgehead atoms. The quantitative estimate of drug-likeness (QED) is 0.561. The molecule has 0 radical (unpaired) electrons. The predicted octanol–water partition coefficient (Wildman–Crippen LogP) is 4.58. The zero-order chi connectivity index (χ0) is 24.5. The fraction of sp³-hybridized carbons (Fsp3) is 0.261. The molecule has 3 aromatic rings. The van der Waals surface area contributed by atoms with E-state index in [-0.39, 0.29) is 24.2 Å². The van der Waals surface area contributed by atoms with E-state index >= 15 is 0 Å². The number of halogens is 3. The highest BCUT2D eigenvalue weighted by molar-refractivity contribution is 5.94. The summed E-state index contributed by atoms with van der Waals surface area (Å²) in [7, 11) is 3.29. The molecule has 1 aromatic heterocycles. The van der Waals surface area contributed by atoms with E-state index in [2.05, 4.69) is 20.6 Å². The minimum Gasteiger partial charge on any atom is -0.438 e. The number of ether oxygens (including phenoxy) is 1. The number of hydroxylamine groups is 2. The van der Waals surface area contributed by atoms with E-state index in [1.807, 2.05) is 6.07 Å². The third-order valence-corrected chi connectivity index (χ3v) is 5.28. The van der Waals surface area contributed by atoms with Crippen LogP contribution in [0, 0.1) is 6.92 Å². The summed E-state index contributed by atoms with van der Waals surface area (Å²) in [6, 6.07) is 10.0. The molecular formula is C23H22F3N5O3. The molecule has 0 atom stereocenters. The lowest BCUT2D eigenvalue weighted by molar-refractivity contribution is -0.168. The second-order valence-corrected chi connectivity index (χ2v) is 7.70. The number of carbonyl (C=O) groups excluding carboxylic acids is 1. The minimum atomic E-state index is -4.72. The maximum Gasteiger partial charge on any atom is 0.423 e. The Morgan fingerprint density at radius 3 is 2.74 bits per heavy atom. The smallest absolute Gasteiger partial charge is 0.423 e. The molecule has 2 aromatic carbocycles. The Bertz CT molecular complexity index is 1230. The van der Waals surface area contributed by atoms with Gasteiger partial charge in [0.05, 0.1) is 6.61 Å². The van der Waals surface area contributed by atoms with Crippen molar-refractivity contribution in [2.45, 2.75) is 26.3 Å². The van der Waals surface area contributed by atoms with Crippen molar-refractivity contribution in [3.8, 4) is 11.6 Å². The number of aromatic nitrogens is 2. The number of alkyl halides is 3. The number of amides is 1. The van der Waals surface area contributed by atoms with Crippen LogP contribution in [0.4, 0.5) is 24.8 Å². The third kappa shape index (κ3) is 4.95. The molecule has 0 saturated heterocycles.